The van der Waals surface area contributed by atoms with Crippen molar-refractivity contribution in [1.82, 2.24) is 5.32 Å². The van der Waals surface area contributed by atoms with Gasteiger partial charge in [0.2, 0.25) is 0 Å². The Morgan fingerprint density at radius 1 is 1.20 bits per heavy atom. The molecule has 0 radical (unpaired) electrons. The Bertz CT molecular complexity index is 606. The minimum atomic E-state index is 0.500. The third-order valence-corrected chi connectivity index (χ3v) is 4.08. The van der Waals surface area contributed by atoms with E-state index in [4.69, 9.17) is 4.74 Å². The zero-order chi connectivity index (χ0) is 13.9. The molecule has 104 valence electrons. The molecule has 0 saturated heterocycles. The maximum absolute atomic E-state index is 5.62. The van der Waals surface area contributed by atoms with Crippen molar-refractivity contribution in [2.75, 3.05) is 13.7 Å². The van der Waals surface area contributed by atoms with Crippen molar-refractivity contribution in [1.29, 1.82) is 0 Å². The van der Waals surface area contributed by atoms with Crippen LogP contribution in [0.2, 0.25) is 0 Å². The highest BCUT2D eigenvalue weighted by Gasteiger charge is 2.23. The number of nitrogens with one attached hydrogen (secondary N) is 1. The molecule has 0 bridgehead atoms. The van der Waals surface area contributed by atoms with Gasteiger partial charge in [0.1, 0.15) is 5.75 Å². The molecule has 1 N–H and O–H groups in total. The van der Waals surface area contributed by atoms with Crippen LogP contribution in [0.25, 0.3) is 11.1 Å². The molecule has 2 heteroatoms. The maximum atomic E-state index is 5.62. The van der Waals surface area contributed by atoms with E-state index in [0.717, 1.165) is 12.2 Å². The summed E-state index contributed by atoms with van der Waals surface area (Å²) in [5, 5.41) is 3.41. The average molecular weight is 267 g/mol. The second kappa shape index (κ2) is 5.68. The molecule has 0 amide bonds. The molecule has 2 nitrogen and oxygen atoms in total. The van der Waals surface area contributed by atoms with Crippen LogP contribution >= 0.6 is 0 Å². The maximum Gasteiger partial charge on any atom is 0.119 e. The largest absolute Gasteiger partial charge is 0.494 e. The van der Waals surface area contributed by atoms with E-state index in [1.165, 1.54) is 28.7 Å². The quantitative estimate of drug-likeness (QED) is 0.905. The van der Waals surface area contributed by atoms with Crippen LogP contribution < -0.4 is 10.1 Å². The smallest absolute Gasteiger partial charge is 0.119 e. The van der Waals surface area contributed by atoms with Gasteiger partial charge in [-0.05, 0) is 61.2 Å². The van der Waals surface area contributed by atoms with Gasteiger partial charge in [0.15, 0.2) is 0 Å². The number of fused-ring (bicyclic) bond motifs is 1. The highest BCUT2D eigenvalue weighted by Crippen LogP contribution is 2.38. The third-order valence-electron chi connectivity index (χ3n) is 4.08. The van der Waals surface area contributed by atoms with E-state index >= 15 is 0 Å². The fourth-order valence-corrected chi connectivity index (χ4v) is 3.14. The van der Waals surface area contributed by atoms with Crippen molar-refractivity contribution in [2.24, 2.45) is 0 Å². The summed E-state index contributed by atoms with van der Waals surface area (Å²) in [5.41, 5.74) is 5.54. The fraction of sp³-hybridized carbons (Fsp3) is 0.333. The lowest BCUT2D eigenvalue weighted by atomic mass is 9.96. The first kappa shape index (κ1) is 13.2. The zero-order valence-corrected chi connectivity index (χ0v) is 12.1. The van der Waals surface area contributed by atoms with Gasteiger partial charge >= 0.3 is 0 Å². The monoisotopic (exact) mass is 267 g/mol. The van der Waals surface area contributed by atoms with Crippen molar-refractivity contribution in [2.45, 2.75) is 25.8 Å². The van der Waals surface area contributed by atoms with Crippen LogP contribution in [-0.4, -0.2) is 13.7 Å². The van der Waals surface area contributed by atoms with Crippen molar-refractivity contribution >= 4 is 0 Å². The van der Waals surface area contributed by atoms with Gasteiger partial charge in [-0.3, -0.25) is 0 Å². The predicted molar refractivity (Wildman–Crippen MR) is 83.2 cm³/mol. The molecule has 1 aliphatic rings. The van der Waals surface area contributed by atoms with Crippen LogP contribution in [0.3, 0.4) is 0 Å². The van der Waals surface area contributed by atoms with Gasteiger partial charge in [-0.1, -0.05) is 30.3 Å². The summed E-state index contributed by atoms with van der Waals surface area (Å²) in [5.74, 6) is 0.950. The molecule has 0 aliphatic heterocycles. The average Bonchev–Trinajstić information content (AvgIpc) is 2.91. The number of hydrogen-bond donors (Lipinski definition) is 1. The number of ether oxygens (including phenoxy) is 1. The Kier molecular flexibility index (Phi) is 3.75. The first-order valence-electron chi connectivity index (χ1n) is 7.35. The van der Waals surface area contributed by atoms with Crippen LogP contribution in [-0.2, 0) is 6.42 Å². The van der Waals surface area contributed by atoms with Crippen molar-refractivity contribution in [3.63, 3.8) is 0 Å². The van der Waals surface area contributed by atoms with E-state index in [1.807, 2.05) is 20.0 Å². The molecule has 2 aromatic rings. The number of rotatable bonds is 4. The molecular weight excluding hydrogens is 246 g/mol. The Morgan fingerprint density at radius 3 is 2.85 bits per heavy atom. The summed E-state index contributed by atoms with van der Waals surface area (Å²) in [6.45, 7) is 2.72. The second-order valence-electron chi connectivity index (χ2n) is 5.21. The van der Waals surface area contributed by atoms with E-state index in [2.05, 4.69) is 41.7 Å². The van der Waals surface area contributed by atoms with Gasteiger partial charge in [-0.25, -0.2) is 0 Å². The lowest BCUT2D eigenvalue weighted by Crippen LogP contribution is -2.12. The second-order valence-corrected chi connectivity index (χ2v) is 5.21. The summed E-state index contributed by atoms with van der Waals surface area (Å²) in [6, 6.07) is 15.5. The molecule has 0 heterocycles. The third kappa shape index (κ3) is 2.32. The zero-order valence-electron chi connectivity index (χ0n) is 12.1. The van der Waals surface area contributed by atoms with Gasteiger partial charge in [-0.2, -0.15) is 0 Å². The van der Waals surface area contributed by atoms with Gasteiger partial charge in [-0.15, -0.1) is 0 Å². The van der Waals surface area contributed by atoms with E-state index < -0.39 is 0 Å². The predicted octanol–water partition coefficient (Wildman–Crippen LogP) is 3.96. The van der Waals surface area contributed by atoms with Crippen LogP contribution in [0.4, 0.5) is 0 Å². The van der Waals surface area contributed by atoms with Crippen molar-refractivity contribution in [3.05, 3.63) is 53.6 Å². The number of hydrogen-bond acceptors (Lipinski definition) is 2. The molecular formula is C18H21NO. The summed E-state index contributed by atoms with van der Waals surface area (Å²) in [7, 11) is 2.04. The van der Waals surface area contributed by atoms with Gasteiger partial charge < -0.3 is 10.1 Å². The van der Waals surface area contributed by atoms with Crippen LogP contribution in [0, 0.1) is 0 Å². The first-order chi connectivity index (χ1) is 9.83. The molecule has 0 saturated carbocycles. The molecule has 3 rings (SSSR count). The lowest BCUT2D eigenvalue weighted by molar-refractivity contribution is 0.340. The molecule has 0 fully saturated rings. The summed E-state index contributed by atoms with van der Waals surface area (Å²) < 4.78 is 5.62. The minimum absolute atomic E-state index is 0.500. The first-order valence-corrected chi connectivity index (χ1v) is 7.35. The van der Waals surface area contributed by atoms with E-state index in [0.29, 0.717) is 12.6 Å². The Labute approximate surface area is 120 Å². The standard InChI is InChI=1S/C18H21NO/c1-3-20-14-7-4-6-13(12-14)15-8-5-9-17-16(15)10-11-18(17)19-2/h4-9,12,18-19H,3,10-11H2,1-2H3. The van der Waals surface area contributed by atoms with Gasteiger partial charge in [0.25, 0.3) is 0 Å². The van der Waals surface area contributed by atoms with E-state index in [-0.39, 0.29) is 0 Å². The van der Waals surface area contributed by atoms with Crippen LogP contribution in [0.15, 0.2) is 42.5 Å². The SMILES string of the molecule is CCOc1cccc(-c2cccc3c2CCC3NC)c1. The number of benzene rings is 2. The Hall–Kier alpha value is -1.80. The molecule has 1 unspecified atom stereocenters. The van der Waals surface area contributed by atoms with Gasteiger partial charge in [0.05, 0.1) is 6.61 Å². The summed E-state index contributed by atoms with van der Waals surface area (Å²) >= 11 is 0. The molecule has 0 spiro atoms. The molecule has 2 aromatic carbocycles. The fourth-order valence-electron chi connectivity index (χ4n) is 3.14. The van der Waals surface area contributed by atoms with Crippen molar-refractivity contribution < 1.29 is 4.74 Å². The van der Waals surface area contributed by atoms with Crippen LogP contribution in [0.1, 0.15) is 30.5 Å². The highest BCUT2D eigenvalue weighted by atomic mass is 16.5. The minimum Gasteiger partial charge on any atom is -0.494 e. The van der Waals surface area contributed by atoms with E-state index in [9.17, 15) is 0 Å². The Morgan fingerprint density at radius 2 is 2.05 bits per heavy atom. The molecule has 20 heavy (non-hydrogen) atoms. The molecule has 1 aliphatic carbocycles. The van der Waals surface area contributed by atoms with Crippen LogP contribution in [0.5, 0.6) is 5.75 Å². The van der Waals surface area contributed by atoms with Crippen molar-refractivity contribution in [3.8, 4) is 16.9 Å². The summed E-state index contributed by atoms with van der Waals surface area (Å²) in [6.07, 6.45) is 2.34. The molecule has 0 aromatic heterocycles. The topological polar surface area (TPSA) is 21.3 Å². The highest BCUT2D eigenvalue weighted by molar-refractivity contribution is 5.71. The molecule has 1 atom stereocenters. The summed E-state index contributed by atoms with van der Waals surface area (Å²) in [4.78, 5) is 0. The van der Waals surface area contributed by atoms with Gasteiger partial charge in [0, 0.05) is 6.04 Å². The Balaban J connectivity index is 2.03. The van der Waals surface area contributed by atoms with E-state index in [1.54, 1.807) is 0 Å². The normalized spacial score (nSPS) is 17.0. The lowest BCUT2D eigenvalue weighted by Gasteiger charge is -2.13.